The second kappa shape index (κ2) is 5.19. The Hall–Kier alpha value is -1.59. The van der Waals surface area contributed by atoms with Gasteiger partial charge in [-0.3, -0.25) is 9.78 Å². The fourth-order valence-corrected chi connectivity index (χ4v) is 2.48. The van der Waals surface area contributed by atoms with E-state index in [0.29, 0.717) is 21.9 Å². The zero-order valence-electron chi connectivity index (χ0n) is 10.4. The van der Waals surface area contributed by atoms with E-state index >= 15 is 0 Å². The highest BCUT2D eigenvalue weighted by Crippen LogP contribution is 2.17. The first-order valence-corrected chi connectivity index (χ1v) is 6.77. The summed E-state index contributed by atoms with van der Waals surface area (Å²) in [5.74, 6) is 0.642. The van der Waals surface area contributed by atoms with E-state index in [1.807, 2.05) is 0 Å². The Morgan fingerprint density at radius 1 is 1.26 bits per heavy atom. The van der Waals surface area contributed by atoms with E-state index in [-0.39, 0.29) is 5.56 Å². The van der Waals surface area contributed by atoms with Crippen molar-refractivity contribution < 1.29 is 0 Å². The zero-order chi connectivity index (χ0) is 13.2. The maximum absolute atomic E-state index is 12.1. The van der Waals surface area contributed by atoms with Gasteiger partial charge in [-0.2, -0.15) is 0 Å². The number of aromatic amines is 1. The van der Waals surface area contributed by atoms with E-state index < -0.39 is 0 Å². The topological polar surface area (TPSA) is 61.0 Å². The average molecular weight is 279 g/mol. The number of nitrogens with one attached hydrogen (secondary N) is 2. The molecule has 0 unspecified atom stereocenters. The van der Waals surface area contributed by atoms with Crippen molar-refractivity contribution in [2.45, 2.75) is 6.42 Å². The molecule has 0 spiro atoms. The lowest BCUT2D eigenvalue weighted by atomic mass is 10.2. The standard InChI is InChI=1S/C13H15ClN4O/c14-9-2-3-11-10(8-9)12(19)17-13(16-11)18-6-1-4-15-5-7-18/h2-3,8,15H,1,4-7H2,(H,16,17,19). The lowest BCUT2D eigenvalue weighted by molar-refractivity contribution is 0.724. The molecule has 0 bridgehead atoms. The van der Waals surface area contributed by atoms with Crippen molar-refractivity contribution in [3.05, 3.63) is 33.6 Å². The highest BCUT2D eigenvalue weighted by Gasteiger charge is 2.13. The minimum absolute atomic E-state index is 0.139. The van der Waals surface area contributed by atoms with Crippen LogP contribution in [0.5, 0.6) is 0 Å². The van der Waals surface area contributed by atoms with E-state index in [0.717, 1.165) is 32.6 Å². The molecule has 2 heterocycles. The molecule has 2 aromatic rings. The number of H-pyrrole nitrogens is 1. The van der Waals surface area contributed by atoms with Crippen molar-refractivity contribution in [1.29, 1.82) is 0 Å². The van der Waals surface area contributed by atoms with Crippen LogP contribution >= 0.6 is 11.6 Å². The first kappa shape index (κ1) is 12.4. The first-order chi connectivity index (χ1) is 9.24. The number of fused-ring (bicyclic) bond motifs is 1. The van der Waals surface area contributed by atoms with Gasteiger partial charge < -0.3 is 10.2 Å². The van der Waals surface area contributed by atoms with Crippen LogP contribution in [-0.2, 0) is 0 Å². The Morgan fingerprint density at radius 3 is 3.05 bits per heavy atom. The predicted octanol–water partition coefficient (Wildman–Crippen LogP) is 1.38. The third-order valence-corrected chi connectivity index (χ3v) is 3.53. The Morgan fingerprint density at radius 2 is 2.16 bits per heavy atom. The SMILES string of the molecule is O=c1[nH]c(N2CCCNCC2)nc2ccc(Cl)cc12. The van der Waals surface area contributed by atoms with Gasteiger partial charge in [0.05, 0.1) is 10.9 Å². The number of aromatic nitrogens is 2. The third-order valence-electron chi connectivity index (χ3n) is 3.29. The molecule has 1 aromatic carbocycles. The Labute approximate surface area is 115 Å². The largest absolute Gasteiger partial charge is 0.341 e. The summed E-state index contributed by atoms with van der Waals surface area (Å²) >= 11 is 5.90. The van der Waals surface area contributed by atoms with Crippen molar-refractivity contribution in [3.63, 3.8) is 0 Å². The third kappa shape index (κ3) is 2.57. The maximum atomic E-state index is 12.1. The van der Waals surface area contributed by atoms with Crippen molar-refractivity contribution in [1.82, 2.24) is 15.3 Å². The Kier molecular flexibility index (Phi) is 3.40. The lowest BCUT2D eigenvalue weighted by Gasteiger charge is -2.20. The second-order valence-electron chi connectivity index (χ2n) is 4.64. The smallest absolute Gasteiger partial charge is 0.260 e. The molecule has 1 aromatic heterocycles. The van der Waals surface area contributed by atoms with E-state index in [4.69, 9.17) is 11.6 Å². The van der Waals surface area contributed by atoms with E-state index in [9.17, 15) is 4.79 Å². The van der Waals surface area contributed by atoms with Gasteiger partial charge in [-0.25, -0.2) is 4.98 Å². The van der Waals surface area contributed by atoms with Gasteiger partial charge in [-0.1, -0.05) is 11.6 Å². The van der Waals surface area contributed by atoms with Gasteiger partial charge in [0.2, 0.25) is 5.95 Å². The highest BCUT2D eigenvalue weighted by atomic mass is 35.5. The molecule has 1 fully saturated rings. The molecule has 0 radical (unpaired) electrons. The molecule has 2 N–H and O–H groups in total. The minimum atomic E-state index is -0.139. The van der Waals surface area contributed by atoms with Gasteiger partial charge >= 0.3 is 0 Å². The summed E-state index contributed by atoms with van der Waals surface area (Å²) in [4.78, 5) is 21.6. The highest BCUT2D eigenvalue weighted by molar-refractivity contribution is 6.31. The summed E-state index contributed by atoms with van der Waals surface area (Å²) in [7, 11) is 0. The maximum Gasteiger partial charge on any atom is 0.260 e. The molecule has 0 saturated carbocycles. The zero-order valence-corrected chi connectivity index (χ0v) is 11.2. The van der Waals surface area contributed by atoms with Gasteiger partial charge in [0.15, 0.2) is 0 Å². The number of anilines is 1. The van der Waals surface area contributed by atoms with Crippen LogP contribution in [0.4, 0.5) is 5.95 Å². The summed E-state index contributed by atoms with van der Waals surface area (Å²) in [6.45, 7) is 3.66. The number of rotatable bonds is 1. The fraction of sp³-hybridized carbons (Fsp3) is 0.385. The summed E-state index contributed by atoms with van der Waals surface area (Å²) in [5, 5.41) is 4.41. The van der Waals surface area contributed by atoms with Crippen LogP contribution in [0.1, 0.15) is 6.42 Å². The molecular weight excluding hydrogens is 264 g/mol. The molecular formula is C13H15ClN4O. The molecule has 1 saturated heterocycles. The summed E-state index contributed by atoms with van der Waals surface area (Å²) < 4.78 is 0. The number of benzene rings is 1. The van der Waals surface area contributed by atoms with Crippen LogP contribution in [0.15, 0.2) is 23.0 Å². The number of halogens is 1. The normalized spacial score (nSPS) is 16.6. The molecule has 1 aliphatic heterocycles. The van der Waals surface area contributed by atoms with Gasteiger partial charge in [0, 0.05) is 24.7 Å². The number of hydrogen-bond acceptors (Lipinski definition) is 4. The molecule has 5 nitrogen and oxygen atoms in total. The number of nitrogens with zero attached hydrogens (tertiary/aromatic N) is 2. The second-order valence-corrected chi connectivity index (χ2v) is 5.08. The number of hydrogen-bond donors (Lipinski definition) is 2. The van der Waals surface area contributed by atoms with Crippen LogP contribution in [0.25, 0.3) is 10.9 Å². The van der Waals surface area contributed by atoms with Crippen LogP contribution in [0.3, 0.4) is 0 Å². The Bertz CT molecular complexity index is 647. The summed E-state index contributed by atoms with van der Waals surface area (Å²) in [6, 6.07) is 5.19. The predicted molar refractivity (Wildman–Crippen MR) is 77.1 cm³/mol. The van der Waals surface area contributed by atoms with Gasteiger partial charge in [-0.15, -0.1) is 0 Å². The van der Waals surface area contributed by atoms with Crippen LogP contribution in [0, 0.1) is 0 Å². The van der Waals surface area contributed by atoms with E-state index in [1.165, 1.54) is 0 Å². The average Bonchev–Trinajstić information content (AvgIpc) is 2.68. The Balaban J connectivity index is 2.05. The molecule has 100 valence electrons. The molecule has 0 amide bonds. The monoisotopic (exact) mass is 278 g/mol. The molecule has 19 heavy (non-hydrogen) atoms. The molecule has 3 rings (SSSR count). The molecule has 1 aliphatic rings. The van der Waals surface area contributed by atoms with Gasteiger partial charge in [0.1, 0.15) is 0 Å². The van der Waals surface area contributed by atoms with E-state index in [2.05, 4.69) is 20.2 Å². The summed E-state index contributed by atoms with van der Waals surface area (Å²) in [5.41, 5.74) is 0.542. The van der Waals surface area contributed by atoms with Gasteiger partial charge in [0.25, 0.3) is 5.56 Å². The van der Waals surface area contributed by atoms with Crippen LogP contribution < -0.4 is 15.8 Å². The first-order valence-electron chi connectivity index (χ1n) is 6.39. The van der Waals surface area contributed by atoms with Crippen molar-refractivity contribution in [2.75, 3.05) is 31.1 Å². The van der Waals surface area contributed by atoms with Crippen molar-refractivity contribution in [3.8, 4) is 0 Å². The molecule has 0 aliphatic carbocycles. The van der Waals surface area contributed by atoms with Crippen molar-refractivity contribution >= 4 is 28.5 Å². The summed E-state index contributed by atoms with van der Waals surface area (Å²) in [6.07, 6.45) is 1.04. The quantitative estimate of drug-likeness (QED) is 0.827. The van der Waals surface area contributed by atoms with Crippen molar-refractivity contribution in [2.24, 2.45) is 0 Å². The van der Waals surface area contributed by atoms with Crippen LogP contribution in [-0.4, -0.2) is 36.1 Å². The van der Waals surface area contributed by atoms with Gasteiger partial charge in [-0.05, 0) is 31.2 Å². The lowest BCUT2D eigenvalue weighted by Crippen LogP contribution is -2.31. The van der Waals surface area contributed by atoms with E-state index in [1.54, 1.807) is 18.2 Å². The minimum Gasteiger partial charge on any atom is -0.341 e. The van der Waals surface area contributed by atoms with Crippen LogP contribution in [0.2, 0.25) is 5.02 Å². The fourth-order valence-electron chi connectivity index (χ4n) is 2.31. The molecule has 0 atom stereocenters. The molecule has 6 heteroatoms.